The molecule has 1 aromatic heterocycles. The maximum Gasteiger partial charge on any atom is 0.331 e. The van der Waals surface area contributed by atoms with Crippen LogP contribution in [0.5, 0.6) is 5.88 Å². The summed E-state index contributed by atoms with van der Waals surface area (Å²) in [5.41, 5.74) is 2.74. The smallest absolute Gasteiger partial charge is 0.331 e. The fraction of sp³-hybridized carbons (Fsp3) is 0.389. The standard InChI is InChI=1S/C18H22N4O3/c1-12(20-21-13-8-4-2-5-9-13)15-16(23)19-18(25)22(17(15)24)14-10-6-3-7-11-14/h2,4-5,8-9,14,21,24H,3,6-7,10-11H2,1H3,(H,19,23,25). The van der Waals surface area contributed by atoms with Gasteiger partial charge >= 0.3 is 5.69 Å². The van der Waals surface area contributed by atoms with Gasteiger partial charge < -0.3 is 5.11 Å². The molecule has 0 bridgehead atoms. The van der Waals surface area contributed by atoms with Gasteiger partial charge in [-0.25, -0.2) is 4.79 Å². The minimum Gasteiger partial charge on any atom is -0.494 e. The third-order valence-corrected chi connectivity index (χ3v) is 4.55. The highest BCUT2D eigenvalue weighted by molar-refractivity contribution is 6.00. The van der Waals surface area contributed by atoms with E-state index < -0.39 is 11.2 Å². The average molecular weight is 342 g/mol. The van der Waals surface area contributed by atoms with Gasteiger partial charge in [-0.05, 0) is 31.9 Å². The molecule has 1 aliphatic rings. The van der Waals surface area contributed by atoms with E-state index >= 15 is 0 Å². The number of hydrogen-bond acceptors (Lipinski definition) is 5. The van der Waals surface area contributed by atoms with Crippen molar-refractivity contribution in [1.82, 2.24) is 9.55 Å². The highest BCUT2D eigenvalue weighted by Gasteiger charge is 2.24. The van der Waals surface area contributed by atoms with Crippen LogP contribution in [0, 0.1) is 0 Å². The van der Waals surface area contributed by atoms with Crippen molar-refractivity contribution in [2.45, 2.75) is 45.1 Å². The highest BCUT2D eigenvalue weighted by Crippen LogP contribution is 2.30. The van der Waals surface area contributed by atoms with E-state index in [-0.39, 0.29) is 17.5 Å². The van der Waals surface area contributed by atoms with Gasteiger partial charge in [0.25, 0.3) is 5.56 Å². The van der Waals surface area contributed by atoms with Gasteiger partial charge in [-0.2, -0.15) is 5.10 Å². The molecule has 0 unspecified atom stereocenters. The lowest BCUT2D eigenvalue weighted by molar-refractivity contribution is 0.298. The molecule has 3 N–H and O–H groups in total. The zero-order valence-corrected chi connectivity index (χ0v) is 14.2. The van der Waals surface area contributed by atoms with Gasteiger partial charge in [0.1, 0.15) is 5.56 Å². The molecule has 1 aromatic carbocycles. The maximum absolute atomic E-state index is 12.2. The number of nitrogens with zero attached hydrogens (tertiary/aromatic N) is 2. The molecular weight excluding hydrogens is 320 g/mol. The Labute approximate surface area is 145 Å². The largest absolute Gasteiger partial charge is 0.494 e. The van der Waals surface area contributed by atoms with Crippen LogP contribution >= 0.6 is 0 Å². The van der Waals surface area contributed by atoms with Crippen LogP contribution in [0.15, 0.2) is 45.0 Å². The first-order valence-electron chi connectivity index (χ1n) is 8.51. The molecule has 2 aromatic rings. The quantitative estimate of drug-likeness (QED) is 0.587. The number of aromatic hydroxyl groups is 1. The van der Waals surface area contributed by atoms with Gasteiger partial charge in [0.05, 0.1) is 11.4 Å². The predicted molar refractivity (Wildman–Crippen MR) is 97.4 cm³/mol. The normalized spacial score (nSPS) is 16.0. The average Bonchev–Trinajstić information content (AvgIpc) is 2.61. The van der Waals surface area contributed by atoms with Crippen molar-refractivity contribution in [3.05, 3.63) is 56.7 Å². The Hall–Kier alpha value is -2.83. The van der Waals surface area contributed by atoms with E-state index in [0.29, 0.717) is 5.71 Å². The first-order valence-corrected chi connectivity index (χ1v) is 8.51. The van der Waals surface area contributed by atoms with Crippen molar-refractivity contribution in [3.8, 4) is 5.88 Å². The topological polar surface area (TPSA) is 99.5 Å². The Morgan fingerprint density at radius 3 is 2.56 bits per heavy atom. The summed E-state index contributed by atoms with van der Waals surface area (Å²) in [5, 5.41) is 14.8. The number of rotatable bonds is 4. The number of anilines is 1. The Balaban J connectivity index is 1.97. The zero-order valence-electron chi connectivity index (χ0n) is 14.2. The molecule has 1 aliphatic carbocycles. The third kappa shape index (κ3) is 3.65. The molecule has 1 fully saturated rings. The minimum atomic E-state index is -0.634. The number of aromatic amines is 1. The molecule has 25 heavy (non-hydrogen) atoms. The summed E-state index contributed by atoms with van der Waals surface area (Å²) >= 11 is 0. The molecule has 3 rings (SSSR count). The lowest BCUT2D eigenvalue weighted by Crippen LogP contribution is -2.36. The van der Waals surface area contributed by atoms with Gasteiger partial charge in [0, 0.05) is 6.04 Å². The van der Waals surface area contributed by atoms with E-state index in [4.69, 9.17) is 0 Å². The summed E-state index contributed by atoms with van der Waals surface area (Å²) < 4.78 is 1.30. The summed E-state index contributed by atoms with van der Waals surface area (Å²) in [6.07, 6.45) is 4.78. The molecule has 132 valence electrons. The van der Waals surface area contributed by atoms with Gasteiger partial charge in [0.15, 0.2) is 0 Å². The van der Waals surface area contributed by atoms with Gasteiger partial charge in [0.2, 0.25) is 5.88 Å². The van der Waals surface area contributed by atoms with Crippen LogP contribution in [0.1, 0.15) is 50.6 Å². The van der Waals surface area contributed by atoms with E-state index in [2.05, 4.69) is 15.5 Å². The van der Waals surface area contributed by atoms with Crippen LogP contribution < -0.4 is 16.7 Å². The highest BCUT2D eigenvalue weighted by atomic mass is 16.3. The van der Waals surface area contributed by atoms with E-state index in [1.165, 1.54) is 4.57 Å². The van der Waals surface area contributed by atoms with Crippen LogP contribution in [-0.2, 0) is 0 Å². The molecule has 0 atom stereocenters. The van der Waals surface area contributed by atoms with E-state index in [9.17, 15) is 14.7 Å². The van der Waals surface area contributed by atoms with Crippen LogP contribution in [-0.4, -0.2) is 20.4 Å². The molecule has 1 heterocycles. The summed E-state index contributed by atoms with van der Waals surface area (Å²) in [5.74, 6) is -0.309. The number of aromatic nitrogens is 2. The van der Waals surface area contributed by atoms with Crippen molar-refractivity contribution in [1.29, 1.82) is 0 Å². The van der Waals surface area contributed by atoms with Crippen molar-refractivity contribution in [2.75, 3.05) is 5.43 Å². The molecule has 0 saturated heterocycles. The number of hydrazone groups is 1. The minimum absolute atomic E-state index is 0.0219. The lowest BCUT2D eigenvalue weighted by atomic mass is 9.95. The second-order valence-corrected chi connectivity index (χ2v) is 6.29. The van der Waals surface area contributed by atoms with Crippen LogP contribution in [0.4, 0.5) is 5.69 Å². The summed E-state index contributed by atoms with van der Waals surface area (Å²) in [6.45, 7) is 1.62. The first-order chi connectivity index (χ1) is 12.1. The molecule has 7 nitrogen and oxygen atoms in total. The molecule has 0 radical (unpaired) electrons. The number of hydrogen-bond donors (Lipinski definition) is 3. The molecule has 0 amide bonds. The van der Waals surface area contributed by atoms with E-state index in [1.54, 1.807) is 6.92 Å². The number of H-pyrrole nitrogens is 1. The lowest BCUT2D eigenvalue weighted by Gasteiger charge is -2.25. The Kier molecular flexibility index (Phi) is 5.02. The SMILES string of the molecule is CC(=NNc1ccccc1)c1c(O)n(C2CCCCC2)c(=O)[nH]c1=O. The Morgan fingerprint density at radius 2 is 1.88 bits per heavy atom. The fourth-order valence-corrected chi connectivity index (χ4v) is 3.26. The van der Waals surface area contributed by atoms with Gasteiger partial charge in [-0.15, -0.1) is 0 Å². The fourth-order valence-electron chi connectivity index (χ4n) is 3.26. The van der Waals surface area contributed by atoms with Gasteiger partial charge in [-0.3, -0.25) is 19.8 Å². The molecule has 1 saturated carbocycles. The maximum atomic E-state index is 12.2. The third-order valence-electron chi connectivity index (χ3n) is 4.55. The molecule has 0 spiro atoms. The van der Waals surface area contributed by atoms with Gasteiger partial charge in [-0.1, -0.05) is 37.5 Å². The second kappa shape index (κ2) is 7.38. The molecule has 0 aliphatic heterocycles. The van der Waals surface area contributed by atoms with Crippen LogP contribution in [0.2, 0.25) is 0 Å². The molecular formula is C18H22N4O3. The number of para-hydroxylation sites is 1. The van der Waals surface area contributed by atoms with Crippen molar-refractivity contribution in [2.24, 2.45) is 5.10 Å². The zero-order chi connectivity index (χ0) is 17.8. The summed E-state index contributed by atoms with van der Waals surface area (Å²) in [4.78, 5) is 26.7. The van der Waals surface area contributed by atoms with Crippen molar-refractivity contribution < 1.29 is 5.11 Å². The molecule has 7 heteroatoms. The van der Waals surface area contributed by atoms with Crippen LogP contribution in [0.25, 0.3) is 0 Å². The van der Waals surface area contributed by atoms with Crippen molar-refractivity contribution >= 4 is 11.4 Å². The Bertz CT molecular complexity index is 877. The second-order valence-electron chi connectivity index (χ2n) is 6.29. The van der Waals surface area contributed by atoms with Crippen molar-refractivity contribution in [3.63, 3.8) is 0 Å². The number of benzene rings is 1. The van der Waals surface area contributed by atoms with Crippen LogP contribution in [0.3, 0.4) is 0 Å². The van der Waals surface area contributed by atoms with E-state index in [0.717, 1.165) is 37.8 Å². The van der Waals surface area contributed by atoms with E-state index in [1.807, 2.05) is 30.3 Å². The predicted octanol–water partition coefficient (Wildman–Crippen LogP) is 2.58. The Morgan fingerprint density at radius 1 is 1.20 bits per heavy atom. The number of nitrogens with one attached hydrogen (secondary N) is 2. The first kappa shape index (κ1) is 17.0. The summed E-state index contributed by atoms with van der Waals surface area (Å²) in [6, 6.07) is 9.19. The monoisotopic (exact) mass is 342 g/mol. The summed E-state index contributed by atoms with van der Waals surface area (Å²) in [7, 11) is 0.